The number of nitrogens with zero attached hydrogens (tertiary/aromatic N) is 6. The molecule has 0 saturated heterocycles. The molecule has 2 aromatic heterocycles. The van der Waals surface area contributed by atoms with Gasteiger partial charge in [-0.1, -0.05) is 18.2 Å². The second-order valence-electron chi connectivity index (χ2n) is 14.7. The van der Waals surface area contributed by atoms with Crippen molar-refractivity contribution >= 4 is 70.6 Å². The minimum Gasteiger partial charge on any atom is -0.494 e. The van der Waals surface area contributed by atoms with Gasteiger partial charge in [-0.2, -0.15) is 10.2 Å². The van der Waals surface area contributed by atoms with Crippen LogP contribution < -0.4 is 47.5 Å². The third-order valence-electron chi connectivity index (χ3n) is 9.03. The van der Waals surface area contributed by atoms with Crippen molar-refractivity contribution in [3.8, 4) is 11.5 Å². The van der Waals surface area contributed by atoms with E-state index in [0.717, 1.165) is 16.6 Å². The molecule has 0 bridgehead atoms. The summed E-state index contributed by atoms with van der Waals surface area (Å²) >= 11 is 0. The number of aldehydes is 2. The lowest BCUT2D eigenvalue weighted by molar-refractivity contribution is 0.0635. The number of amides is 2. The number of ether oxygens (including phenoxy) is 3. The maximum Gasteiger partial charge on any atom is 0.412 e. The van der Waals surface area contributed by atoms with Crippen molar-refractivity contribution in [2.24, 2.45) is 16.5 Å². The van der Waals surface area contributed by atoms with Crippen molar-refractivity contribution in [1.82, 2.24) is 24.9 Å². The summed E-state index contributed by atoms with van der Waals surface area (Å²) in [5.74, 6) is 0.454. The van der Waals surface area contributed by atoms with Gasteiger partial charge in [-0.3, -0.25) is 34.1 Å². The standard InChI is InChI=1S/C44H52N10O7.2CH5N/c1-8-53-37(19-29(2)51-53)42(57)48-28-52(41-35(46-6)21-31(27-56)23-39(41)59-7)16-10-9-15-47-40-34(45)20-30(26-55)22-38(40)60-18-12-11-17-54-36-14-13-33(24-32(36)25-49-54)50-43(58)61-44(3,4)5;2*1-2/h9-14,19-27,47H,6,8,15-18,28,45H2,1-5,7H3,(H,48,57)(H,50,58);2*2H2,1H3/b10-9+,12-11+;;. The van der Waals surface area contributed by atoms with Crippen LogP contribution in [0.1, 0.15) is 64.6 Å². The van der Waals surface area contributed by atoms with E-state index in [2.05, 4.69) is 49.3 Å². The Morgan fingerprint density at radius 3 is 2.31 bits per heavy atom. The Morgan fingerprint density at radius 2 is 1.65 bits per heavy atom. The molecule has 9 N–H and O–H groups in total. The van der Waals surface area contributed by atoms with E-state index in [1.165, 1.54) is 21.2 Å². The Morgan fingerprint density at radius 1 is 0.938 bits per heavy atom. The molecule has 65 heavy (non-hydrogen) atoms. The van der Waals surface area contributed by atoms with E-state index < -0.39 is 11.7 Å². The van der Waals surface area contributed by atoms with Gasteiger partial charge in [-0.25, -0.2) is 4.79 Å². The molecule has 5 rings (SSSR count). The number of hydrogen-bond donors (Lipinski definition) is 6. The third-order valence-corrected chi connectivity index (χ3v) is 9.03. The molecule has 0 unspecified atom stereocenters. The van der Waals surface area contributed by atoms with Crippen LogP contribution in [0, 0.1) is 6.92 Å². The molecule has 2 heterocycles. The van der Waals surface area contributed by atoms with Gasteiger partial charge in [0, 0.05) is 41.8 Å². The highest BCUT2D eigenvalue weighted by atomic mass is 16.6. The van der Waals surface area contributed by atoms with Crippen molar-refractivity contribution in [3.63, 3.8) is 0 Å². The van der Waals surface area contributed by atoms with Gasteiger partial charge in [0.25, 0.3) is 5.91 Å². The topological polar surface area (TPSA) is 261 Å². The number of benzene rings is 3. The van der Waals surface area contributed by atoms with Gasteiger partial charge in [0.15, 0.2) is 0 Å². The van der Waals surface area contributed by atoms with E-state index in [9.17, 15) is 19.2 Å². The van der Waals surface area contributed by atoms with Crippen LogP contribution in [-0.4, -0.2) is 104 Å². The first kappa shape index (κ1) is 51.8. The molecule has 19 nitrogen and oxygen atoms in total. The molecule has 3 aromatic carbocycles. The first-order chi connectivity index (χ1) is 31.3. The zero-order valence-electron chi connectivity index (χ0n) is 38.4. The number of nitrogen functional groups attached to an aromatic ring is 1. The molecule has 0 aliphatic rings. The van der Waals surface area contributed by atoms with Crippen LogP contribution in [0.4, 0.5) is 33.2 Å². The zero-order chi connectivity index (χ0) is 48.1. The summed E-state index contributed by atoms with van der Waals surface area (Å²) in [5, 5.41) is 18.7. The lowest BCUT2D eigenvalue weighted by atomic mass is 10.1. The maximum atomic E-state index is 13.3. The van der Waals surface area contributed by atoms with Crippen LogP contribution in [0.5, 0.6) is 11.5 Å². The molecule has 0 fully saturated rings. The van der Waals surface area contributed by atoms with E-state index in [4.69, 9.17) is 19.9 Å². The second kappa shape index (κ2) is 25.6. The SMILES string of the molecule is C=Nc1cc(C=O)cc(OC)c1N(C/C=C/CNc1c(N)cc(C=O)cc1OC/C=C/Cn1ncc2cc(NC(=O)OC(C)(C)C)ccc21)CNC(=O)c1cc(C)nn1CC.CN.CN. The summed E-state index contributed by atoms with van der Waals surface area (Å²) in [4.78, 5) is 54.9. The number of nitrogens with two attached hydrogens (primary N) is 3. The molecule has 348 valence electrons. The molecule has 0 radical (unpaired) electrons. The number of aliphatic imine (C=N–C) groups is 1. The summed E-state index contributed by atoms with van der Waals surface area (Å²) in [6.45, 7) is 14.7. The van der Waals surface area contributed by atoms with Crippen molar-refractivity contribution in [1.29, 1.82) is 0 Å². The molecule has 0 atom stereocenters. The highest BCUT2D eigenvalue weighted by molar-refractivity contribution is 5.93. The number of carbonyl (C=O) groups is 4. The summed E-state index contributed by atoms with van der Waals surface area (Å²) in [7, 11) is 4.49. The first-order valence-electron chi connectivity index (χ1n) is 20.6. The molecule has 0 saturated carbocycles. The number of aromatic nitrogens is 4. The third kappa shape index (κ3) is 14.8. The summed E-state index contributed by atoms with van der Waals surface area (Å²) in [5.41, 5.74) is 19.9. The van der Waals surface area contributed by atoms with Crippen molar-refractivity contribution in [2.75, 3.05) is 68.8 Å². The predicted molar refractivity (Wildman–Crippen MR) is 258 cm³/mol. The van der Waals surface area contributed by atoms with E-state index >= 15 is 0 Å². The van der Waals surface area contributed by atoms with Gasteiger partial charge in [0.05, 0.1) is 49.1 Å². The number of carbonyl (C=O) groups excluding carboxylic acids is 4. The fourth-order valence-corrected chi connectivity index (χ4v) is 6.33. The van der Waals surface area contributed by atoms with Gasteiger partial charge in [-0.15, -0.1) is 0 Å². The van der Waals surface area contributed by atoms with Gasteiger partial charge in [-0.05, 0) is 110 Å². The van der Waals surface area contributed by atoms with Crippen molar-refractivity contribution in [3.05, 3.63) is 102 Å². The Balaban J connectivity index is 0.00000273. The van der Waals surface area contributed by atoms with E-state index in [-0.39, 0.29) is 25.7 Å². The van der Waals surface area contributed by atoms with Crippen molar-refractivity contribution < 1.29 is 33.4 Å². The normalized spacial score (nSPS) is 10.9. The Kier molecular flexibility index (Phi) is 20.4. The van der Waals surface area contributed by atoms with E-state index in [0.29, 0.717) is 89.0 Å². The average molecular weight is 895 g/mol. The number of allylic oxidation sites excluding steroid dienone is 1. The maximum absolute atomic E-state index is 13.3. The van der Waals surface area contributed by atoms with Crippen molar-refractivity contribution in [2.45, 2.75) is 53.3 Å². The lowest BCUT2D eigenvalue weighted by Crippen LogP contribution is -2.39. The first-order valence-corrected chi connectivity index (χ1v) is 20.6. The van der Waals surface area contributed by atoms with Crippen LogP contribution in [0.2, 0.25) is 0 Å². The predicted octanol–water partition coefficient (Wildman–Crippen LogP) is 6.10. The molecule has 0 aliphatic heterocycles. The number of aryl methyl sites for hydroxylation is 2. The Hall–Kier alpha value is -7.51. The fraction of sp³-hybridized carbons (Fsp3) is 0.326. The molecule has 0 spiro atoms. The molecular formula is C46H62N12O7. The van der Waals surface area contributed by atoms with Crippen LogP contribution in [-0.2, 0) is 17.8 Å². The lowest BCUT2D eigenvalue weighted by Gasteiger charge is -2.27. The highest BCUT2D eigenvalue weighted by Gasteiger charge is 2.21. The largest absolute Gasteiger partial charge is 0.494 e. The summed E-state index contributed by atoms with van der Waals surface area (Å²) < 4.78 is 20.5. The average Bonchev–Trinajstić information content (AvgIpc) is 3.89. The molecule has 0 aliphatic carbocycles. The van der Waals surface area contributed by atoms with Gasteiger partial charge >= 0.3 is 6.09 Å². The fourth-order valence-electron chi connectivity index (χ4n) is 6.33. The van der Waals surface area contributed by atoms with Crippen LogP contribution in [0.15, 0.2) is 84.0 Å². The van der Waals surface area contributed by atoms with Crippen LogP contribution in [0.3, 0.4) is 0 Å². The number of fused-ring (bicyclic) bond motifs is 1. The molecule has 2 amide bonds. The van der Waals surface area contributed by atoms with Crippen LogP contribution in [0.25, 0.3) is 10.9 Å². The van der Waals surface area contributed by atoms with Gasteiger partial charge < -0.3 is 46.9 Å². The Labute approximate surface area is 379 Å². The number of nitrogens with one attached hydrogen (secondary N) is 3. The minimum atomic E-state index is -0.609. The van der Waals surface area contributed by atoms with Gasteiger partial charge in [0.2, 0.25) is 0 Å². The van der Waals surface area contributed by atoms with Gasteiger partial charge in [0.1, 0.15) is 53.3 Å². The number of rotatable bonds is 20. The quantitative estimate of drug-likeness (QED) is 0.0170. The number of hydrogen-bond acceptors (Lipinski definition) is 15. The smallest absolute Gasteiger partial charge is 0.412 e. The summed E-state index contributed by atoms with van der Waals surface area (Å²) in [6, 6.07) is 13.6. The second-order valence-corrected chi connectivity index (χ2v) is 14.7. The molecule has 5 aromatic rings. The van der Waals surface area contributed by atoms with Crippen LogP contribution >= 0.6 is 0 Å². The number of methoxy groups -OCH3 is 1. The minimum absolute atomic E-state index is 0.0559. The monoisotopic (exact) mass is 894 g/mol. The highest BCUT2D eigenvalue weighted by Crippen LogP contribution is 2.39. The van der Waals surface area contributed by atoms with E-state index in [1.807, 2.05) is 59.9 Å². The van der Waals surface area contributed by atoms with E-state index in [1.54, 1.807) is 68.0 Å². The summed E-state index contributed by atoms with van der Waals surface area (Å²) in [6.07, 6.45) is 10.1. The number of anilines is 4. The molecule has 19 heteroatoms. The zero-order valence-corrected chi connectivity index (χ0v) is 38.4. The molecular weight excluding hydrogens is 833 g/mol. The Bertz CT molecular complexity index is 2450.